The van der Waals surface area contributed by atoms with E-state index in [-0.39, 0.29) is 0 Å². The van der Waals surface area contributed by atoms with E-state index in [0.717, 1.165) is 53.7 Å². The van der Waals surface area contributed by atoms with Crippen LogP contribution in [0, 0.1) is 0 Å². The zero-order chi connectivity index (χ0) is 18.2. The van der Waals surface area contributed by atoms with E-state index in [4.69, 9.17) is 16.6 Å². The number of aromatic amines is 1. The molecule has 0 atom stereocenters. The molecule has 0 aliphatic carbocycles. The van der Waals surface area contributed by atoms with Crippen molar-refractivity contribution in [3.63, 3.8) is 0 Å². The Morgan fingerprint density at radius 1 is 1.19 bits per heavy atom. The lowest BCUT2D eigenvalue weighted by Crippen LogP contribution is -2.31. The fourth-order valence-corrected chi connectivity index (χ4v) is 3.82. The Morgan fingerprint density at radius 3 is 3.04 bits per heavy atom. The van der Waals surface area contributed by atoms with Crippen LogP contribution in [-0.4, -0.2) is 31.4 Å². The SMILES string of the molecule is Clc1ccc2[nH]cc(CN3CCc4cnc(-c5cccnc5)nc4C3)c2c1. The monoisotopic (exact) mass is 375 g/mol. The van der Waals surface area contributed by atoms with E-state index in [1.165, 1.54) is 16.5 Å². The van der Waals surface area contributed by atoms with Gasteiger partial charge in [0, 0.05) is 65.9 Å². The van der Waals surface area contributed by atoms with Gasteiger partial charge in [-0.25, -0.2) is 9.97 Å². The van der Waals surface area contributed by atoms with Gasteiger partial charge in [-0.3, -0.25) is 9.88 Å². The molecule has 1 aromatic carbocycles. The van der Waals surface area contributed by atoms with Crippen molar-refractivity contribution in [1.82, 2.24) is 24.8 Å². The van der Waals surface area contributed by atoms with E-state index in [9.17, 15) is 0 Å². The third-order valence-electron chi connectivity index (χ3n) is 5.07. The van der Waals surface area contributed by atoms with E-state index < -0.39 is 0 Å². The molecule has 0 saturated heterocycles. The summed E-state index contributed by atoms with van der Waals surface area (Å²) in [7, 11) is 0. The molecule has 27 heavy (non-hydrogen) atoms. The van der Waals surface area contributed by atoms with Crippen LogP contribution in [0.25, 0.3) is 22.3 Å². The van der Waals surface area contributed by atoms with Crippen molar-refractivity contribution in [3.05, 3.63) is 77.0 Å². The molecule has 0 bridgehead atoms. The smallest absolute Gasteiger partial charge is 0.160 e. The summed E-state index contributed by atoms with van der Waals surface area (Å²) in [6.45, 7) is 2.68. The van der Waals surface area contributed by atoms with Gasteiger partial charge in [0.1, 0.15) is 0 Å². The van der Waals surface area contributed by atoms with Crippen LogP contribution in [0.2, 0.25) is 5.02 Å². The molecule has 0 fully saturated rings. The summed E-state index contributed by atoms with van der Waals surface area (Å²) in [6.07, 6.45) is 8.58. The molecule has 0 spiro atoms. The van der Waals surface area contributed by atoms with Gasteiger partial charge in [-0.2, -0.15) is 0 Å². The molecule has 1 N–H and O–H groups in total. The molecule has 3 aromatic heterocycles. The Bertz CT molecular complexity index is 1110. The van der Waals surface area contributed by atoms with Gasteiger partial charge < -0.3 is 4.98 Å². The molecular formula is C21H18ClN5. The number of H-pyrrole nitrogens is 1. The third-order valence-corrected chi connectivity index (χ3v) is 5.30. The summed E-state index contributed by atoms with van der Waals surface area (Å²) in [5, 5.41) is 1.95. The minimum Gasteiger partial charge on any atom is -0.361 e. The largest absolute Gasteiger partial charge is 0.361 e. The molecule has 1 aliphatic heterocycles. The molecule has 0 unspecified atom stereocenters. The highest BCUT2D eigenvalue weighted by Crippen LogP contribution is 2.26. The Kier molecular flexibility index (Phi) is 4.11. The number of halogens is 1. The average Bonchev–Trinajstić information content (AvgIpc) is 3.10. The number of hydrogen-bond donors (Lipinski definition) is 1. The molecular weight excluding hydrogens is 358 g/mol. The molecule has 1 aliphatic rings. The molecule has 4 heterocycles. The van der Waals surface area contributed by atoms with Gasteiger partial charge in [0.15, 0.2) is 5.82 Å². The number of pyridine rings is 1. The Labute approximate surface area is 162 Å². The maximum Gasteiger partial charge on any atom is 0.160 e. The fourth-order valence-electron chi connectivity index (χ4n) is 3.65. The molecule has 4 aromatic rings. The summed E-state index contributed by atoms with van der Waals surface area (Å²) in [5.41, 5.74) is 5.67. The predicted molar refractivity (Wildman–Crippen MR) is 106 cm³/mol. The summed E-state index contributed by atoms with van der Waals surface area (Å²) in [6, 6.07) is 9.87. The van der Waals surface area contributed by atoms with Crippen LogP contribution in [0.15, 0.2) is 55.1 Å². The molecule has 5 nitrogen and oxygen atoms in total. The molecule has 0 saturated carbocycles. The third kappa shape index (κ3) is 3.20. The van der Waals surface area contributed by atoms with Gasteiger partial charge in [-0.1, -0.05) is 11.6 Å². The minimum atomic E-state index is 0.738. The zero-order valence-electron chi connectivity index (χ0n) is 14.7. The standard InChI is InChI=1S/C21H18ClN5/c22-17-3-4-19-18(8-17)16(11-24-19)12-27-7-5-14-10-25-21(26-20(14)13-27)15-2-1-6-23-9-15/h1-4,6,8-11,24H,5,7,12-13H2. The molecule has 0 amide bonds. The van der Waals surface area contributed by atoms with Gasteiger partial charge in [-0.05, 0) is 47.9 Å². The number of benzene rings is 1. The second-order valence-electron chi connectivity index (χ2n) is 6.87. The van der Waals surface area contributed by atoms with E-state index in [0.29, 0.717) is 0 Å². The Balaban J connectivity index is 1.41. The first-order valence-corrected chi connectivity index (χ1v) is 9.37. The molecule has 5 rings (SSSR count). The maximum absolute atomic E-state index is 6.18. The molecule has 134 valence electrons. The van der Waals surface area contributed by atoms with Crippen LogP contribution in [0.4, 0.5) is 0 Å². The van der Waals surface area contributed by atoms with Gasteiger partial charge >= 0.3 is 0 Å². The fraction of sp³-hybridized carbons (Fsp3) is 0.190. The summed E-state index contributed by atoms with van der Waals surface area (Å²) >= 11 is 6.18. The number of aromatic nitrogens is 4. The number of fused-ring (bicyclic) bond motifs is 2. The molecule has 6 heteroatoms. The lowest BCUT2D eigenvalue weighted by atomic mass is 10.1. The average molecular weight is 376 g/mol. The highest BCUT2D eigenvalue weighted by molar-refractivity contribution is 6.31. The second kappa shape index (κ2) is 6.76. The Morgan fingerprint density at radius 2 is 2.15 bits per heavy atom. The lowest BCUT2D eigenvalue weighted by Gasteiger charge is -2.27. The van der Waals surface area contributed by atoms with Crippen molar-refractivity contribution in [3.8, 4) is 11.4 Å². The number of rotatable bonds is 3. The van der Waals surface area contributed by atoms with Crippen LogP contribution in [0.5, 0.6) is 0 Å². The van der Waals surface area contributed by atoms with Gasteiger partial charge in [0.05, 0.1) is 5.69 Å². The van der Waals surface area contributed by atoms with Gasteiger partial charge in [-0.15, -0.1) is 0 Å². The number of nitrogens with one attached hydrogen (secondary N) is 1. The first kappa shape index (κ1) is 16.4. The first-order valence-electron chi connectivity index (χ1n) is 8.99. The van der Waals surface area contributed by atoms with Crippen LogP contribution < -0.4 is 0 Å². The van der Waals surface area contributed by atoms with E-state index in [1.54, 1.807) is 12.4 Å². The maximum atomic E-state index is 6.18. The zero-order valence-corrected chi connectivity index (χ0v) is 15.4. The van der Waals surface area contributed by atoms with Crippen molar-refractivity contribution < 1.29 is 0 Å². The van der Waals surface area contributed by atoms with Crippen molar-refractivity contribution in [1.29, 1.82) is 0 Å². The van der Waals surface area contributed by atoms with E-state index in [2.05, 4.69) is 26.0 Å². The minimum absolute atomic E-state index is 0.738. The van der Waals surface area contributed by atoms with Crippen molar-refractivity contribution in [2.75, 3.05) is 6.54 Å². The van der Waals surface area contributed by atoms with E-state index in [1.807, 2.05) is 36.5 Å². The van der Waals surface area contributed by atoms with Crippen molar-refractivity contribution in [2.45, 2.75) is 19.5 Å². The highest BCUT2D eigenvalue weighted by atomic mass is 35.5. The lowest BCUT2D eigenvalue weighted by molar-refractivity contribution is 0.242. The first-order chi connectivity index (χ1) is 13.3. The summed E-state index contributed by atoms with van der Waals surface area (Å²) < 4.78 is 0. The Hall–Kier alpha value is -2.76. The normalized spacial score (nSPS) is 14.4. The van der Waals surface area contributed by atoms with Gasteiger partial charge in [0.2, 0.25) is 0 Å². The van der Waals surface area contributed by atoms with Crippen LogP contribution in [0.1, 0.15) is 16.8 Å². The van der Waals surface area contributed by atoms with Crippen molar-refractivity contribution >= 4 is 22.5 Å². The van der Waals surface area contributed by atoms with Gasteiger partial charge in [0.25, 0.3) is 0 Å². The van der Waals surface area contributed by atoms with Crippen LogP contribution in [-0.2, 0) is 19.5 Å². The highest BCUT2D eigenvalue weighted by Gasteiger charge is 2.20. The summed E-state index contributed by atoms with van der Waals surface area (Å²) in [4.78, 5) is 19.3. The summed E-state index contributed by atoms with van der Waals surface area (Å²) in [5.74, 6) is 0.738. The topological polar surface area (TPSA) is 57.7 Å². The predicted octanol–water partition coefficient (Wildman–Crippen LogP) is 4.23. The molecule has 0 radical (unpaired) electrons. The quantitative estimate of drug-likeness (QED) is 0.582. The van der Waals surface area contributed by atoms with Crippen LogP contribution >= 0.6 is 11.6 Å². The van der Waals surface area contributed by atoms with Crippen LogP contribution in [0.3, 0.4) is 0 Å². The second-order valence-corrected chi connectivity index (χ2v) is 7.31. The number of nitrogens with zero attached hydrogens (tertiary/aromatic N) is 4. The number of hydrogen-bond acceptors (Lipinski definition) is 4. The van der Waals surface area contributed by atoms with Crippen molar-refractivity contribution in [2.24, 2.45) is 0 Å². The van der Waals surface area contributed by atoms with E-state index >= 15 is 0 Å².